The number of rotatable bonds is 6. The molecule has 1 aromatic heterocycles. The van der Waals surface area contributed by atoms with Gasteiger partial charge in [-0.25, -0.2) is 4.84 Å². The summed E-state index contributed by atoms with van der Waals surface area (Å²) in [7, 11) is 0. The number of pyridine rings is 1. The van der Waals surface area contributed by atoms with Crippen LogP contribution in [0.2, 0.25) is 0 Å². The highest BCUT2D eigenvalue weighted by molar-refractivity contribution is 5.09. The molecule has 0 fully saturated rings. The minimum Gasteiger partial charge on any atom is -0.265 e. The molecule has 0 spiro atoms. The Kier molecular flexibility index (Phi) is 5.43. The number of nitrogens with zero attached hydrogens (tertiary/aromatic N) is 1. The zero-order chi connectivity index (χ0) is 12.0. The lowest BCUT2D eigenvalue weighted by atomic mass is 10.2. The Bertz CT molecular complexity index is 277. The van der Waals surface area contributed by atoms with Gasteiger partial charge in [-0.05, 0) is 45.4 Å². The van der Waals surface area contributed by atoms with Crippen LogP contribution in [0, 0.1) is 0 Å². The van der Waals surface area contributed by atoms with E-state index >= 15 is 0 Å². The normalized spacial score (nSPS) is 11.7. The summed E-state index contributed by atoms with van der Waals surface area (Å²) in [6, 6.07) is 5.07. The average Bonchev–Trinajstić information content (AvgIpc) is 2.24. The van der Waals surface area contributed by atoms with Crippen LogP contribution in [0.4, 0.5) is 0 Å². The van der Waals surface area contributed by atoms with Crippen LogP contribution in [0.25, 0.3) is 0 Å². The van der Waals surface area contributed by atoms with Crippen LogP contribution >= 0.6 is 0 Å². The third-order valence-corrected chi connectivity index (χ3v) is 2.55. The Balaban J connectivity index is 2.34. The second-order valence-electron chi connectivity index (χ2n) is 4.67. The predicted molar refractivity (Wildman–Crippen MR) is 65.1 cm³/mol. The van der Waals surface area contributed by atoms with E-state index in [9.17, 15) is 0 Å². The zero-order valence-corrected chi connectivity index (χ0v) is 10.7. The van der Waals surface area contributed by atoms with Crippen molar-refractivity contribution in [2.75, 3.05) is 6.61 Å². The Morgan fingerprint density at radius 3 is 2.19 bits per heavy atom. The van der Waals surface area contributed by atoms with Gasteiger partial charge in [0, 0.05) is 18.8 Å². The second-order valence-corrected chi connectivity index (χ2v) is 4.67. The molecular weight excluding hydrogens is 200 g/mol. The minimum atomic E-state index is 0.498. The Morgan fingerprint density at radius 2 is 1.69 bits per heavy atom. The highest BCUT2D eigenvalue weighted by Crippen LogP contribution is 1.96. The van der Waals surface area contributed by atoms with Gasteiger partial charge in [0.2, 0.25) is 0 Å². The van der Waals surface area contributed by atoms with Gasteiger partial charge < -0.3 is 0 Å². The maximum atomic E-state index is 5.87. The van der Waals surface area contributed by atoms with Gasteiger partial charge in [-0.1, -0.05) is 0 Å². The standard InChI is InChI=1S/C13H22N2O/c1-11(2)15(12(3)4)16-10-7-13-5-8-14-9-6-13/h5-6,8-9,11-12H,7,10H2,1-4H3/p+1. The van der Waals surface area contributed by atoms with Crippen LogP contribution in [0.1, 0.15) is 33.3 Å². The summed E-state index contributed by atoms with van der Waals surface area (Å²) < 4.78 is 0. The summed E-state index contributed by atoms with van der Waals surface area (Å²) in [4.78, 5) is 9.86. The maximum absolute atomic E-state index is 5.87. The quantitative estimate of drug-likeness (QED) is 0.735. The van der Waals surface area contributed by atoms with E-state index in [1.807, 2.05) is 24.5 Å². The molecule has 0 amide bonds. The van der Waals surface area contributed by atoms with Crippen molar-refractivity contribution in [2.24, 2.45) is 0 Å². The number of quaternary nitrogens is 1. The van der Waals surface area contributed by atoms with Crippen molar-refractivity contribution in [3.05, 3.63) is 30.1 Å². The smallest absolute Gasteiger partial charge is 0.112 e. The molecule has 0 aliphatic rings. The Hall–Kier alpha value is -0.930. The van der Waals surface area contributed by atoms with Gasteiger partial charge >= 0.3 is 0 Å². The molecule has 0 aliphatic carbocycles. The SMILES string of the molecule is CC(C)[NH+](OCCc1ccncc1)C(C)C. The summed E-state index contributed by atoms with van der Waals surface area (Å²) in [6.45, 7) is 9.49. The van der Waals surface area contributed by atoms with Crippen molar-refractivity contribution in [1.29, 1.82) is 0 Å². The number of hydrogen-bond donors (Lipinski definition) is 1. The molecule has 0 radical (unpaired) electrons. The summed E-state index contributed by atoms with van der Waals surface area (Å²) in [6.07, 6.45) is 4.60. The molecule has 1 rings (SSSR count). The monoisotopic (exact) mass is 223 g/mol. The fourth-order valence-electron chi connectivity index (χ4n) is 1.84. The van der Waals surface area contributed by atoms with E-state index in [1.165, 1.54) is 10.6 Å². The first-order valence-electron chi connectivity index (χ1n) is 5.99. The van der Waals surface area contributed by atoms with Crippen molar-refractivity contribution < 1.29 is 9.90 Å². The van der Waals surface area contributed by atoms with E-state index in [-0.39, 0.29) is 0 Å². The van der Waals surface area contributed by atoms with Crippen molar-refractivity contribution in [1.82, 2.24) is 4.98 Å². The number of hydrogen-bond acceptors (Lipinski definition) is 2. The number of hydroxylamine groups is 2. The fraction of sp³-hybridized carbons (Fsp3) is 0.615. The van der Waals surface area contributed by atoms with Gasteiger partial charge in [0.05, 0.1) is 0 Å². The van der Waals surface area contributed by atoms with E-state index < -0.39 is 0 Å². The molecule has 16 heavy (non-hydrogen) atoms. The van der Waals surface area contributed by atoms with Crippen molar-refractivity contribution in [3.8, 4) is 0 Å². The topological polar surface area (TPSA) is 26.6 Å². The van der Waals surface area contributed by atoms with E-state index in [2.05, 4.69) is 32.7 Å². The number of nitrogens with one attached hydrogen (secondary N) is 1. The molecule has 0 saturated heterocycles. The highest BCUT2D eigenvalue weighted by atomic mass is 16.7. The van der Waals surface area contributed by atoms with Crippen LogP contribution in [0.3, 0.4) is 0 Å². The molecular formula is C13H23N2O+. The van der Waals surface area contributed by atoms with Crippen molar-refractivity contribution in [3.63, 3.8) is 0 Å². The molecule has 1 aromatic rings. The van der Waals surface area contributed by atoms with E-state index in [0.29, 0.717) is 12.1 Å². The molecule has 3 nitrogen and oxygen atoms in total. The first-order valence-corrected chi connectivity index (χ1v) is 5.99. The molecule has 0 unspecified atom stereocenters. The van der Waals surface area contributed by atoms with E-state index in [1.54, 1.807) is 0 Å². The van der Waals surface area contributed by atoms with Crippen LogP contribution < -0.4 is 5.06 Å². The van der Waals surface area contributed by atoms with Crippen LogP contribution in [-0.4, -0.2) is 23.7 Å². The minimum absolute atomic E-state index is 0.498. The summed E-state index contributed by atoms with van der Waals surface area (Å²) in [5.74, 6) is 0. The molecule has 3 heteroatoms. The molecule has 0 aromatic carbocycles. The van der Waals surface area contributed by atoms with Gasteiger partial charge in [0.15, 0.2) is 0 Å². The van der Waals surface area contributed by atoms with Gasteiger partial charge in [-0.3, -0.25) is 4.98 Å². The Morgan fingerprint density at radius 1 is 1.12 bits per heavy atom. The van der Waals surface area contributed by atoms with Gasteiger partial charge in [-0.15, -0.1) is 0 Å². The third kappa shape index (κ3) is 4.29. The summed E-state index contributed by atoms with van der Waals surface area (Å²) >= 11 is 0. The molecule has 0 bridgehead atoms. The fourth-order valence-corrected chi connectivity index (χ4v) is 1.84. The molecule has 0 saturated carbocycles. The lowest BCUT2D eigenvalue weighted by Gasteiger charge is -2.24. The zero-order valence-electron chi connectivity index (χ0n) is 10.7. The molecule has 1 N–H and O–H groups in total. The molecule has 1 heterocycles. The molecule has 0 atom stereocenters. The van der Waals surface area contributed by atoms with E-state index in [0.717, 1.165) is 13.0 Å². The number of aromatic nitrogens is 1. The largest absolute Gasteiger partial charge is 0.265 e. The van der Waals surface area contributed by atoms with Crippen LogP contribution in [-0.2, 0) is 11.3 Å². The van der Waals surface area contributed by atoms with Crippen molar-refractivity contribution >= 4 is 0 Å². The lowest BCUT2D eigenvalue weighted by Crippen LogP contribution is -3.17. The first-order chi connectivity index (χ1) is 7.61. The van der Waals surface area contributed by atoms with Crippen LogP contribution in [0.15, 0.2) is 24.5 Å². The van der Waals surface area contributed by atoms with Crippen molar-refractivity contribution in [2.45, 2.75) is 46.2 Å². The molecule has 0 aliphatic heterocycles. The first kappa shape index (κ1) is 13.1. The predicted octanol–water partition coefficient (Wildman–Crippen LogP) is 1.26. The summed E-state index contributed by atoms with van der Waals surface area (Å²) in [5, 5.41) is 1.20. The third-order valence-electron chi connectivity index (χ3n) is 2.55. The van der Waals surface area contributed by atoms with E-state index in [4.69, 9.17) is 4.84 Å². The maximum Gasteiger partial charge on any atom is 0.112 e. The Labute approximate surface area is 98.4 Å². The summed E-state index contributed by atoms with van der Waals surface area (Å²) in [5.41, 5.74) is 1.28. The van der Waals surface area contributed by atoms with Gasteiger partial charge in [0.1, 0.15) is 18.7 Å². The molecule has 90 valence electrons. The second kappa shape index (κ2) is 6.61. The van der Waals surface area contributed by atoms with Gasteiger partial charge in [0.25, 0.3) is 0 Å². The highest BCUT2D eigenvalue weighted by Gasteiger charge is 2.18. The average molecular weight is 223 g/mol. The lowest BCUT2D eigenvalue weighted by molar-refractivity contribution is -1.12. The van der Waals surface area contributed by atoms with Crippen LogP contribution in [0.5, 0.6) is 0 Å². The van der Waals surface area contributed by atoms with Gasteiger partial charge in [-0.2, -0.15) is 5.06 Å².